The van der Waals surface area contributed by atoms with Gasteiger partial charge in [0.2, 0.25) is 0 Å². The van der Waals surface area contributed by atoms with Gasteiger partial charge in [-0.15, -0.1) is 0 Å². The fraction of sp³-hybridized carbons (Fsp3) is 0.500. The molecule has 0 saturated carbocycles. The second kappa shape index (κ2) is 4.50. The van der Waals surface area contributed by atoms with E-state index in [4.69, 9.17) is 11.6 Å². The lowest BCUT2D eigenvalue weighted by Crippen LogP contribution is -2.33. The van der Waals surface area contributed by atoms with Crippen LogP contribution in [-0.4, -0.2) is 13.1 Å². The molecular formula is C12H15ClFN. The summed E-state index contributed by atoms with van der Waals surface area (Å²) in [5, 5.41) is 3.91. The molecular weight excluding hydrogens is 213 g/mol. The molecule has 0 aromatic heterocycles. The maximum atomic E-state index is 12.9. The van der Waals surface area contributed by atoms with Crippen LogP contribution < -0.4 is 5.32 Å². The Labute approximate surface area is 94.6 Å². The molecule has 15 heavy (non-hydrogen) atoms. The Bertz CT molecular complexity index is 353. The second-order valence-electron chi connectivity index (χ2n) is 4.24. The summed E-state index contributed by atoms with van der Waals surface area (Å²) >= 11 is 6.07. The lowest BCUT2D eigenvalue weighted by atomic mass is 9.82. The van der Waals surface area contributed by atoms with Crippen molar-refractivity contribution in [3.05, 3.63) is 34.6 Å². The van der Waals surface area contributed by atoms with Crippen LogP contribution in [0.1, 0.15) is 24.8 Å². The van der Waals surface area contributed by atoms with E-state index >= 15 is 0 Å². The molecule has 1 aliphatic rings. The summed E-state index contributed by atoms with van der Waals surface area (Å²) in [5.41, 5.74) is 1.09. The molecule has 1 aliphatic heterocycles. The Kier molecular flexibility index (Phi) is 3.27. The first-order valence-electron chi connectivity index (χ1n) is 5.34. The summed E-state index contributed by atoms with van der Waals surface area (Å²) in [6.07, 6.45) is 1.08. The van der Waals surface area contributed by atoms with Crippen LogP contribution in [0.3, 0.4) is 0 Å². The van der Waals surface area contributed by atoms with E-state index in [1.807, 2.05) is 6.07 Å². The van der Waals surface area contributed by atoms with Crippen LogP contribution >= 0.6 is 11.6 Å². The Morgan fingerprint density at radius 3 is 2.93 bits per heavy atom. The second-order valence-corrected chi connectivity index (χ2v) is 4.65. The topological polar surface area (TPSA) is 12.0 Å². The third-order valence-corrected chi connectivity index (χ3v) is 3.47. The lowest BCUT2D eigenvalue weighted by Gasteiger charge is -2.30. The molecule has 0 radical (unpaired) electrons. The van der Waals surface area contributed by atoms with Gasteiger partial charge in [0.15, 0.2) is 0 Å². The van der Waals surface area contributed by atoms with Crippen molar-refractivity contribution < 1.29 is 4.39 Å². The molecule has 0 aliphatic carbocycles. The third-order valence-electron chi connectivity index (χ3n) is 3.15. The van der Waals surface area contributed by atoms with Crippen LogP contribution in [0.25, 0.3) is 0 Å². The monoisotopic (exact) mass is 227 g/mol. The van der Waals surface area contributed by atoms with E-state index in [0.717, 1.165) is 25.1 Å². The molecule has 82 valence electrons. The first kappa shape index (κ1) is 10.9. The van der Waals surface area contributed by atoms with Gasteiger partial charge < -0.3 is 5.32 Å². The highest BCUT2D eigenvalue weighted by atomic mass is 35.5. The minimum absolute atomic E-state index is 0.259. The zero-order valence-corrected chi connectivity index (χ0v) is 9.52. The molecule has 0 spiro atoms. The number of nitrogens with one attached hydrogen (secondary N) is 1. The Morgan fingerprint density at radius 2 is 2.27 bits per heavy atom. The van der Waals surface area contributed by atoms with Gasteiger partial charge in [0.05, 0.1) is 0 Å². The summed E-state index contributed by atoms with van der Waals surface area (Å²) in [4.78, 5) is 0. The van der Waals surface area contributed by atoms with Crippen LogP contribution in [0.15, 0.2) is 18.2 Å². The molecule has 2 unspecified atom stereocenters. The molecule has 2 rings (SSSR count). The van der Waals surface area contributed by atoms with E-state index in [9.17, 15) is 4.39 Å². The molecule has 1 aromatic rings. The summed E-state index contributed by atoms with van der Waals surface area (Å²) in [6, 6.07) is 4.73. The first-order valence-corrected chi connectivity index (χ1v) is 5.72. The molecule has 0 amide bonds. The van der Waals surface area contributed by atoms with Gasteiger partial charge in [0.1, 0.15) is 5.82 Å². The molecule has 2 atom stereocenters. The minimum atomic E-state index is -0.259. The first-order chi connectivity index (χ1) is 7.18. The van der Waals surface area contributed by atoms with E-state index in [2.05, 4.69) is 12.2 Å². The van der Waals surface area contributed by atoms with Crippen LogP contribution in [0.2, 0.25) is 5.02 Å². The lowest BCUT2D eigenvalue weighted by molar-refractivity contribution is 0.349. The van der Waals surface area contributed by atoms with Gasteiger partial charge in [-0.1, -0.05) is 24.6 Å². The SMILES string of the molecule is CC1CNCCC1c1ccc(F)cc1Cl. The van der Waals surface area contributed by atoms with Crippen molar-refractivity contribution in [2.45, 2.75) is 19.3 Å². The van der Waals surface area contributed by atoms with E-state index in [0.29, 0.717) is 16.9 Å². The summed E-state index contributed by atoms with van der Waals surface area (Å²) in [7, 11) is 0. The highest BCUT2D eigenvalue weighted by molar-refractivity contribution is 6.31. The average molecular weight is 228 g/mol. The van der Waals surface area contributed by atoms with Crippen molar-refractivity contribution in [2.24, 2.45) is 5.92 Å². The number of piperidine rings is 1. The molecule has 1 saturated heterocycles. The van der Waals surface area contributed by atoms with Gasteiger partial charge in [-0.2, -0.15) is 0 Å². The van der Waals surface area contributed by atoms with Crippen LogP contribution in [0.4, 0.5) is 4.39 Å². The van der Waals surface area contributed by atoms with Gasteiger partial charge in [-0.05, 0) is 49.0 Å². The van der Waals surface area contributed by atoms with Crippen LogP contribution in [-0.2, 0) is 0 Å². The maximum Gasteiger partial charge on any atom is 0.124 e. The zero-order chi connectivity index (χ0) is 10.8. The molecule has 0 bridgehead atoms. The van der Waals surface area contributed by atoms with Gasteiger partial charge in [-0.3, -0.25) is 0 Å². The number of benzene rings is 1. The summed E-state index contributed by atoms with van der Waals surface area (Å²) < 4.78 is 12.9. The number of rotatable bonds is 1. The average Bonchev–Trinajstić information content (AvgIpc) is 2.20. The van der Waals surface area contributed by atoms with Gasteiger partial charge in [0.25, 0.3) is 0 Å². The van der Waals surface area contributed by atoms with E-state index < -0.39 is 0 Å². The van der Waals surface area contributed by atoms with Gasteiger partial charge in [0, 0.05) is 5.02 Å². The zero-order valence-electron chi connectivity index (χ0n) is 8.76. The minimum Gasteiger partial charge on any atom is -0.316 e. The van der Waals surface area contributed by atoms with Crippen LogP contribution in [0.5, 0.6) is 0 Å². The summed E-state index contributed by atoms with van der Waals surface area (Å²) in [6.45, 7) is 4.23. The summed E-state index contributed by atoms with van der Waals surface area (Å²) in [5.74, 6) is 0.756. The van der Waals surface area contributed by atoms with Crippen molar-refractivity contribution in [2.75, 3.05) is 13.1 Å². The smallest absolute Gasteiger partial charge is 0.124 e. The molecule has 1 fully saturated rings. The number of halogens is 2. The van der Waals surface area contributed by atoms with E-state index in [1.54, 1.807) is 0 Å². The van der Waals surface area contributed by atoms with Crippen molar-refractivity contribution in [3.8, 4) is 0 Å². The number of hydrogen-bond donors (Lipinski definition) is 1. The third kappa shape index (κ3) is 2.32. The highest BCUT2D eigenvalue weighted by Crippen LogP contribution is 2.34. The molecule has 1 heterocycles. The fourth-order valence-corrected chi connectivity index (χ4v) is 2.59. The quantitative estimate of drug-likeness (QED) is 0.777. The van der Waals surface area contributed by atoms with Crippen LogP contribution in [0, 0.1) is 11.7 Å². The molecule has 1 N–H and O–H groups in total. The Morgan fingerprint density at radius 1 is 1.47 bits per heavy atom. The largest absolute Gasteiger partial charge is 0.316 e. The molecule has 3 heteroatoms. The number of hydrogen-bond acceptors (Lipinski definition) is 1. The van der Waals surface area contributed by atoms with E-state index in [1.165, 1.54) is 12.1 Å². The standard InChI is InChI=1S/C12H15ClFN/c1-8-7-15-5-4-10(8)11-3-2-9(14)6-12(11)13/h2-3,6,8,10,15H,4-5,7H2,1H3. The maximum absolute atomic E-state index is 12.9. The molecule has 1 nitrogen and oxygen atoms in total. The normalized spacial score (nSPS) is 26.6. The van der Waals surface area contributed by atoms with Crippen molar-refractivity contribution in [1.82, 2.24) is 5.32 Å². The van der Waals surface area contributed by atoms with Crippen molar-refractivity contribution in [3.63, 3.8) is 0 Å². The fourth-order valence-electron chi connectivity index (χ4n) is 2.28. The predicted octanol–water partition coefficient (Wildman–Crippen LogP) is 3.19. The van der Waals surface area contributed by atoms with Gasteiger partial charge in [-0.25, -0.2) is 4.39 Å². The predicted molar refractivity (Wildman–Crippen MR) is 60.8 cm³/mol. The van der Waals surface area contributed by atoms with Gasteiger partial charge >= 0.3 is 0 Å². The Balaban J connectivity index is 2.27. The van der Waals surface area contributed by atoms with E-state index in [-0.39, 0.29) is 5.82 Å². The Hall–Kier alpha value is -0.600. The highest BCUT2D eigenvalue weighted by Gasteiger charge is 2.24. The van der Waals surface area contributed by atoms with Crippen molar-refractivity contribution in [1.29, 1.82) is 0 Å². The van der Waals surface area contributed by atoms with Crippen molar-refractivity contribution >= 4 is 11.6 Å². The molecule has 1 aromatic carbocycles.